The highest BCUT2D eigenvalue weighted by Gasteiger charge is 2.73. The van der Waals surface area contributed by atoms with Gasteiger partial charge in [-0.15, -0.1) is 0 Å². The number of ether oxygens (including phenoxy) is 2. The van der Waals surface area contributed by atoms with Crippen LogP contribution < -0.4 is 0 Å². The summed E-state index contributed by atoms with van der Waals surface area (Å²) in [5.74, 6) is 1.96. The van der Waals surface area contributed by atoms with Gasteiger partial charge in [-0.2, -0.15) is 0 Å². The third kappa shape index (κ3) is 1.34. The molecule has 1 aliphatic heterocycles. The third-order valence-electron chi connectivity index (χ3n) is 7.73. The maximum atomic E-state index is 6.48. The molecule has 0 radical (unpaired) electrons. The van der Waals surface area contributed by atoms with Gasteiger partial charge >= 0.3 is 0 Å². The van der Waals surface area contributed by atoms with Crippen LogP contribution in [0.5, 0.6) is 0 Å². The summed E-state index contributed by atoms with van der Waals surface area (Å²) in [5, 5.41) is 0. The molecule has 3 aliphatic carbocycles. The second kappa shape index (κ2) is 3.46. The zero-order chi connectivity index (χ0) is 14.6. The monoisotopic (exact) mass is 278 g/mol. The van der Waals surface area contributed by atoms with Gasteiger partial charge in [0.2, 0.25) is 0 Å². The van der Waals surface area contributed by atoms with Gasteiger partial charge < -0.3 is 9.47 Å². The van der Waals surface area contributed by atoms with E-state index in [2.05, 4.69) is 41.5 Å². The molecule has 2 heteroatoms. The average molecular weight is 278 g/mol. The third-order valence-corrected chi connectivity index (χ3v) is 7.73. The normalized spacial score (nSPS) is 58.5. The Hall–Kier alpha value is -0.0800. The molecule has 1 spiro atoms. The molecule has 4 rings (SSSR count). The first-order chi connectivity index (χ1) is 9.12. The molecule has 0 unspecified atom stereocenters. The van der Waals surface area contributed by atoms with Crippen LogP contribution in [0.3, 0.4) is 0 Å². The Morgan fingerprint density at radius 1 is 0.900 bits per heavy atom. The van der Waals surface area contributed by atoms with E-state index in [1.807, 2.05) is 0 Å². The van der Waals surface area contributed by atoms with Crippen molar-refractivity contribution in [3.05, 3.63) is 0 Å². The van der Waals surface area contributed by atoms with Crippen molar-refractivity contribution in [3.63, 3.8) is 0 Å². The van der Waals surface area contributed by atoms with Gasteiger partial charge in [0.1, 0.15) is 0 Å². The van der Waals surface area contributed by atoms with E-state index < -0.39 is 5.79 Å². The van der Waals surface area contributed by atoms with Crippen LogP contribution in [0.2, 0.25) is 0 Å². The molecule has 3 saturated carbocycles. The van der Waals surface area contributed by atoms with Gasteiger partial charge in [0, 0.05) is 0 Å². The lowest BCUT2D eigenvalue weighted by atomic mass is 9.63. The molecule has 2 nitrogen and oxygen atoms in total. The Kier molecular flexibility index (Phi) is 2.35. The Morgan fingerprint density at radius 3 is 2.30 bits per heavy atom. The van der Waals surface area contributed by atoms with E-state index in [9.17, 15) is 0 Å². The molecule has 0 amide bonds. The minimum atomic E-state index is -0.409. The van der Waals surface area contributed by atoms with Crippen molar-refractivity contribution in [2.75, 3.05) is 0 Å². The lowest BCUT2D eigenvalue weighted by Crippen LogP contribution is -2.52. The van der Waals surface area contributed by atoms with Crippen molar-refractivity contribution in [2.45, 2.75) is 84.7 Å². The predicted molar refractivity (Wildman–Crippen MR) is 79.3 cm³/mol. The van der Waals surface area contributed by atoms with Crippen LogP contribution >= 0.6 is 0 Å². The van der Waals surface area contributed by atoms with Gasteiger partial charge in [-0.1, -0.05) is 20.8 Å². The molecule has 4 aliphatic rings. The number of hydrogen-bond donors (Lipinski definition) is 0. The van der Waals surface area contributed by atoms with Crippen molar-refractivity contribution in [1.82, 2.24) is 0 Å². The van der Waals surface area contributed by atoms with Gasteiger partial charge in [0.05, 0.1) is 11.7 Å². The van der Waals surface area contributed by atoms with Crippen LogP contribution in [-0.2, 0) is 9.47 Å². The van der Waals surface area contributed by atoms with Crippen LogP contribution in [0.4, 0.5) is 0 Å². The summed E-state index contributed by atoms with van der Waals surface area (Å²) >= 11 is 0. The van der Waals surface area contributed by atoms with E-state index in [1.165, 1.54) is 25.7 Å². The maximum absolute atomic E-state index is 6.48. The molecule has 0 aromatic carbocycles. The molecular formula is C18H30O2. The topological polar surface area (TPSA) is 18.5 Å². The SMILES string of the molecule is C[C@@H]1CC[C@@H]2C(C)(C)[C@H]3C[C@@]12C[C@@H]1OC(C)(C)O[C@@]13C. The van der Waals surface area contributed by atoms with Crippen molar-refractivity contribution >= 4 is 0 Å². The summed E-state index contributed by atoms with van der Waals surface area (Å²) in [5.41, 5.74) is 0.836. The molecule has 2 bridgehead atoms. The van der Waals surface area contributed by atoms with E-state index in [4.69, 9.17) is 9.47 Å². The fraction of sp³-hybridized carbons (Fsp3) is 1.00. The summed E-state index contributed by atoms with van der Waals surface area (Å²) in [7, 11) is 0. The van der Waals surface area contributed by atoms with Crippen molar-refractivity contribution < 1.29 is 9.47 Å². The summed E-state index contributed by atoms with van der Waals surface area (Å²) in [6, 6.07) is 0. The largest absolute Gasteiger partial charge is 0.344 e. The number of rotatable bonds is 0. The molecule has 4 fully saturated rings. The van der Waals surface area contributed by atoms with Gasteiger partial charge in [-0.3, -0.25) is 0 Å². The lowest BCUT2D eigenvalue weighted by molar-refractivity contribution is -0.177. The Bertz CT molecular complexity index is 454. The summed E-state index contributed by atoms with van der Waals surface area (Å²) in [6.07, 6.45) is 5.70. The first kappa shape index (κ1) is 13.6. The molecular weight excluding hydrogens is 248 g/mol. The smallest absolute Gasteiger partial charge is 0.164 e. The van der Waals surface area contributed by atoms with Crippen LogP contribution in [0.25, 0.3) is 0 Å². The highest BCUT2D eigenvalue weighted by Crippen LogP contribution is 2.75. The van der Waals surface area contributed by atoms with Gasteiger partial charge in [0.25, 0.3) is 0 Å². The summed E-state index contributed by atoms with van der Waals surface area (Å²) in [6.45, 7) is 14.0. The number of fused-ring (bicyclic) bond motifs is 3. The minimum Gasteiger partial charge on any atom is -0.344 e. The molecule has 1 saturated heterocycles. The Labute approximate surface area is 123 Å². The minimum absolute atomic E-state index is 0.0810. The fourth-order valence-electron chi connectivity index (χ4n) is 7.01. The maximum Gasteiger partial charge on any atom is 0.164 e. The zero-order valence-corrected chi connectivity index (χ0v) is 14.0. The van der Waals surface area contributed by atoms with Gasteiger partial charge in [-0.05, 0) is 75.0 Å². The summed E-state index contributed by atoms with van der Waals surface area (Å²) in [4.78, 5) is 0. The predicted octanol–water partition coefficient (Wildman–Crippen LogP) is 4.38. The van der Waals surface area contributed by atoms with E-state index in [0.717, 1.165) is 11.8 Å². The molecule has 0 N–H and O–H groups in total. The fourth-order valence-corrected chi connectivity index (χ4v) is 7.01. The second-order valence-electron chi connectivity index (χ2n) is 9.34. The van der Waals surface area contributed by atoms with Crippen LogP contribution in [0.15, 0.2) is 0 Å². The van der Waals surface area contributed by atoms with Crippen molar-refractivity contribution in [1.29, 1.82) is 0 Å². The molecule has 1 heterocycles. The van der Waals surface area contributed by atoms with Gasteiger partial charge in [-0.25, -0.2) is 0 Å². The molecule has 114 valence electrons. The van der Waals surface area contributed by atoms with Gasteiger partial charge in [0.15, 0.2) is 5.79 Å². The van der Waals surface area contributed by atoms with E-state index in [1.54, 1.807) is 0 Å². The van der Waals surface area contributed by atoms with Crippen molar-refractivity contribution in [2.24, 2.45) is 28.6 Å². The number of hydrogen-bond acceptors (Lipinski definition) is 2. The first-order valence-corrected chi connectivity index (χ1v) is 8.50. The molecule has 0 aromatic heterocycles. The van der Waals surface area contributed by atoms with E-state index in [-0.39, 0.29) is 5.60 Å². The van der Waals surface area contributed by atoms with Crippen molar-refractivity contribution in [3.8, 4) is 0 Å². The average Bonchev–Trinajstić information content (AvgIpc) is 2.80. The van der Waals surface area contributed by atoms with Crippen LogP contribution in [-0.4, -0.2) is 17.5 Å². The first-order valence-electron chi connectivity index (χ1n) is 8.50. The highest BCUT2D eigenvalue weighted by molar-refractivity contribution is 5.21. The molecule has 0 aromatic rings. The van der Waals surface area contributed by atoms with E-state index in [0.29, 0.717) is 22.9 Å². The second-order valence-corrected chi connectivity index (χ2v) is 9.34. The highest BCUT2D eigenvalue weighted by atomic mass is 16.8. The standard InChI is InChI=1S/C18H30O2/c1-11-7-8-12-15(2,3)13-9-18(11,12)10-14-17(13,6)20-16(4,5)19-14/h11-14H,7-10H2,1-6H3/t11-,12-,13-,14+,17-,18-/m1/s1. The van der Waals surface area contributed by atoms with E-state index >= 15 is 0 Å². The van der Waals surface area contributed by atoms with Crippen LogP contribution in [0.1, 0.15) is 67.2 Å². The lowest BCUT2D eigenvalue weighted by Gasteiger charge is -2.47. The molecule has 20 heavy (non-hydrogen) atoms. The summed E-state index contributed by atoms with van der Waals surface area (Å²) < 4.78 is 12.8. The Balaban J connectivity index is 1.82. The Morgan fingerprint density at radius 2 is 1.60 bits per heavy atom. The van der Waals surface area contributed by atoms with Crippen LogP contribution in [0, 0.1) is 28.6 Å². The quantitative estimate of drug-likeness (QED) is 0.654. The molecule has 6 atom stereocenters. The zero-order valence-electron chi connectivity index (χ0n) is 14.0.